The van der Waals surface area contributed by atoms with E-state index in [1.165, 1.54) is 0 Å². The van der Waals surface area contributed by atoms with Crippen molar-refractivity contribution in [3.63, 3.8) is 0 Å². The van der Waals surface area contributed by atoms with E-state index in [2.05, 4.69) is 0 Å². The summed E-state index contributed by atoms with van der Waals surface area (Å²) in [5, 5.41) is -0.677. The fourth-order valence-corrected chi connectivity index (χ4v) is 5.92. The molecule has 0 saturated heterocycles. The number of hydrogen-bond acceptors (Lipinski definition) is 1. The summed E-state index contributed by atoms with van der Waals surface area (Å²) >= 11 is 0. The Morgan fingerprint density at radius 3 is 1.60 bits per heavy atom. The van der Waals surface area contributed by atoms with Crippen LogP contribution in [0.25, 0.3) is 88.0 Å². The highest BCUT2D eigenvalue weighted by Gasteiger charge is 2.17. The molecule has 0 fully saturated rings. The van der Waals surface area contributed by atoms with Gasteiger partial charge in [0.1, 0.15) is 11.2 Å². The van der Waals surface area contributed by atoms with E-state index < -0.39 is 147 Å². The summed E-state index contributed by atoms with van der Waals surface area (Å²) in [5.74, 6) is 0. The fraction of sp³-hybridized carbons (Fsp3) is 0. The van der Waals surface area contributed by atoms with Crippen molar-refractivity contribution < 1.29 is 27.7 Å². The standard InChI is InChI=1S/C44H28O/c1-3-12-30(13-4-1)34-20-11-21-41-44(34)39-28-33(26-27-40(39)45-41)29-22-24-32(25-23-29)43-37-18-9-7-16-35(37)42(31-14-5-2-6-15-31)36-17-8-10-19-38(36)43/h1-28H/i2D,5D,6D,7D,8D,9D,10D,14D,15D,16D,17D,18D,19D,22D,23D,24D,25D. The number of hydrogen-bond donors (Lipinski definition) is 0. The van der Waals surface area contributed by atoms with Crippen LogP contribution in [-0.4, -0.2) is 0 Å². The van der Waals surface area contributed by atoms with Crippen LogP contribution in [0.1, 0.15) is 23.3 Å². The third kappa shape index (κ3) is 4.17. The SMILES string of the molecule is [2H]c1c([2H])c([2H])c(-c2c3c([2H])c([2H])c([2H])c([2H])c3c(-c3c([2H])c([2H])c(-c4ccc5oc6cccc(-c7ccccc7)c6c5c4)c([2H])c3[2H])c3c([2H])c([2H])c([2H])c([2H])c23)c([2H])c1[2H]. The number of benzene rings is 8. The predicted octanol–water partition coefficient (Wildman–Crippen LogP) is 12.6. The molecule has 1 aromatic heterocycles. The van der Waals surface area contributed by atoms with Crippen LogP contribution in [-0.2, 0) is 0 Å². The van der Waals surface area contributed by atoms with E-state index in [4.69, 9.17) is 19.5 Å². The Morgan fingerprint density at radius 1 is 0.378 bits per heavy atom. The molecule has 1 nitrogen and oxygen atoms in total. The maximum absolute atomic E-state index is 9.50. The minimum Gasteiger partial charge on any atom is -0.456 e. The van der Waals surface area contributed by atoms with Gasteiger partial charge >= 0.3 is 0 Å². The third-order valence-corrected chi connectivity index (χ3v) is 7.87. The molecule has 8 aromatic carbocycles. The van der Waals surface area contributed by atoms with Gasteiger partial charge in [0.25, 0.3) is 0 Å². The van der Waals surface area contributed by atoms with Gasteiger partial charge in [-0.3, -0.25) is 0 Å². The normalized spacial score (nSPS) is 16.8. The fourth-order valence-electron chi connectivity index (χ4n) is 5.92. The highest BCUT2D eigenvalue weighted by Crippen LogP contribution is 2.44. The summed E-state index contributed by atoms with van der Waals surface area (Å²) in [6.45, 7) is 0. The van der Waals surface area contributed by atoms with E-state index in [-0.39, 0.29) is 11.1 Å². The quantitative estimate of drug-likeness (QED) is 0.186. The molecule has 0 atom stereocenters. The Hall–Kier alpha value is -5.92. The van der Waals surface area contributed by atoms with Gasteiger partial charge in [0.05, 0.1) is 23.3 Å². The topological polar surface area (TPSA) is 13.1 Å². The summed E-state index contributed by atoms with van der Waals surface area (Å²) in [7, 11) is 0. The van der Waals surface area contributed by atoms with Crippen molar-refractivity contribution in [3.8, 4) is 44.5 Å². The molecule has 0 aliphatic heterocycles. The molecule has 0 bridgehead atoms. The molecule has 0 unspecified atom stereocenters. The Balaban J connectivity index is 1.45. The zero-order chi connectivity index (χ0) is 44.5. The van der Waals surface area contributed by atoms with Crippen LogP contribution in [0.2, 0.25) is 0 Å². The van der Waals surface area contributed by atoms with E-state index >= 15 is 0 Å². The van der Waals surface area contributed by atoms with Gasteiger partial charge in [0.2, 0.25) is 0 Å². The summed E-state index contributed by atoms with van der Waals surface area (Å²) < 4.78 is 158. The molecule has 9 rings (SSSR count). The van der Waals surface area contributed by atoms with Crippen LogP contribution < -0.4 is 0 Å². The van der Waals surface area contributed by atoms with Crippen LogP contribution >= 0.6 is 0 Å². The first-order valence-electron chi connectivity index (χ1n) is 22.6. The van der Waals surface area contributed by atoms with Crippen LogP contribution in [0, 0.1) is 0 Å². The van der Waals surface area contributed by atoms with Gasteiger partial charge in [0, 0.05) is 10.8 Å². The van der Waals surface area contributed by atoms with Gasteiger partial charge in [-0.25, -0.2) is 0 Å². The second-order valence-electron chi connectivity index (χ2n) is 10.4. The van der Waals surface area contributed by atoms with Crippen LogP contribution in [0.3, 0.4) is 0 Å². The molecule has 45 heavy (non-hydrogen) atoms. The molecule has 210 valence electrons. The molecule has 0 amide bonds. The van der Waals surface area contributed by atoms with Gasteiger partial charge in [-0.1, -0.05) is 151 Å². The number of furan rings is 1. The minimum atomic E-state index is -0.824. The second-order valence-corrected chi connectivity index (χ2v) is 10.4. The van der Waals surface area contributed by atoms with E-state index in [0.29, 0.717) is 16.6 Å². The Kier molecular flexibility index (Phi) is 3.18. The zero-order valence-electron chi connectivity index (χ0n) is 40.3. The first kappa shape index (κ1) is 13.8. The monoisotopic (exact) mass is 589 g/mol. The Bertz CT molecular complexity index is 3350. The van der Waals surface area contributed by atoms with Crippen molar-refractivity contribution in [2.24, 2.45) is 0 Å². The van der Waals surface area contributed by atoms with Crippen molar-refractivity contribution in [3.05, 3.63) is 169 Å². The smallest absolute Gasteiger partial charge is 0.136 e. The molecule has 1 heterocycles. The van der Waals surface area contributed by atoms with Crippen molar-refractivity contribution in [2.75, 3.05) is 0 Å². The van der Waals surface area contributed by atoms with Gasteiger partial charge in [-0.05, 0) is 84.3 Å². The maximum Gasteiger partial charge on any atom is 0.136 e. The molecule has 9 aromatic rings. The molecule has 0 aliphatic carbocycles. The summed E-state index contributed by atoms with van der Waals surface area (Å²) in [6.07, 6.45) is 0. The van der Waals surface area contributed by atoms with E-state index in [1.807, 2.05) is 48.5 Å². The number of rotatable bonds is 4. The highest BCUT2D eigenvalue weighted by molar-refractivity contribution is 6.21. The van der Waals surface area contributed by atoms with E-state index in [1.54, 1.807) is 18.2 Å². The second kappa shape index (κ2) is 10.4. The summed E-state index contributed by atoms with van der Waals surface area (Å²) in [5.41, 5.74) is 0.818. The molecule has 0 saturated carbocycles. The minimum absolute atomic E-state index is 0.134. The predicted molar refractivity (Wildman–Crippen MR) is 190 cm³/mol. The molecule has 0 radical (unpaired) electrons. The molecular weight excluding hydrogens is 544 g/mol. The lowest BCUT2D eigenvalue weighted by atomic mass is 9.86. The average molecular weight is 590 g/mol. The van der Waals surface area contributed by atoms with Crippen LogP contribution in [0.5, 0.6) is 0 Å². The van der Waals surface area contributed by atoms with E-state index in [0.717, 1.165) is 16.5 Å². The molecule has 0 N–H and O–H groups in total. The number of fused-ring (bicyclic) bond motifs is 5. The molecular formula is C44H28O. The Labute approximate surface area is 285 Å². The summed E-state index contributed by atoms with van der Waals surface area (Å²) in [6, 6.07) is 7.03. The van der Waals surface area contributed by atoms with Gasteiger partial charge < -0.3 is 4.42 Å². The maximum atomic E-state index is 9.50. The van der Waals surface area contributed by atoms with Gasteiger partial charge in [0.15, 0.2) is 0 Å². The van der Waals surface area contributed by atoms with Crippen molar-refractivity contribution >= 4 is 43.5 Å². The third-order valence-electron chi connectivity index (χ3n) is 7.87. The largest absolute Gasteiger partial charge is 0.456 e. The molecule has 1 heteroatoms. The average Bonchev–Trinajstić information content (AvgIpc) is 3.65. The lowest BCUT2D eigenvalue weighted by Gasteiger charge is -2.18. The van der Waals surface area contributed by atoms with Crippen LogP contribution in [0.15, 0.2) is 174 Å². The van der Waals surface area contributed by atoms with Crippen molar-refractivity contribution in [1.29, 1.82) is 0 Å². The van der Waals surface area contributed by atoms with Gasteiger partial charge in [-0.15, -0.1) is 0 Å². The first-order valence-corrected chi connectivity index (χ1v) is 14.1. The van der Waals surface area contributed by atoms with E-state index in [9.17, 15) is 8.22 Å². The highest BCUT2D eigenvalue weighted by atomic mass is 16.3. The van der Waals surface area contributed by atoms with Crippen molar-refractivity contribution in [1.82, 2.24) is 0 Å². The Morgan fingerprint density at radius 2 is 0.956 bits per heavy atom. The van der Waals surface area contributed by atoms with Crippen LogP contribution in [0.4, 0.5) is 0 Å². The lowest BCUT2D eigenvalue weighted by Crippen LogP contribution is -1.90. The van der Waals surface area contributed by atoms with Gasteiger partial charge in [-0.2, -0.15) is 0 Å². The molecule has 0 aliphatic rings. The lowest BCUT2D eigenvalue weighted by molar-refractivity contribution is 0.669. The zero-order valence-corrected chi connectivity index (χ0v) is 23.3. The first-order chi connectivity index (χ1) is 29.4. The van der Waals surface area contributed by atoms with Crippen molar-refractivity contribution in [2.45, 2.75) is 0 Å². The summed E-state index contributed by atoms with van der Waals surface area (Å²) in [4.78, 5) is 0. The molecule has 0 spiro atoms.